The van der Waals surface area contributed by atoms with Crippen molar-refractivity contribution >= 4 is 17.3 Å². The molecule has 0 aromatic heterocycles. The maximum Gasteiger partial charge on any atom is 0.169 e. The van der Waals surface area contributed by atoms with Gasteiger partial charge in [-0.15, -0.1) is 0 Å². The lowest BCUT2D eigenvalue weighted by molar-refractivity contribution is 0.112. The fourth-order valence-electron chi connectivity index (χ4n) is 3.07. The third-order valence-corrected chi connectivity index (χ3v) is 4.82. The van der Waals surface area contributed by atoms with Gasteiger partial charge < -0.3 is 15.0 Å². The molecular weight excluding hydrogens is 294 g/mol. The SMILES string of the molecule is S=C(NC[C@@H]1CCCO1)N1CCN(Cc2ccccc2)CC1. The Morgan fingerprint density at radius 1 is 1.18 bits per heavy atom. The number of hydrogen-bond donors (Lipinski definition) is 1. The molecule has 1 aromatic carbocycles. The molecule has 5 heteroatoms. The Kier molecular flexibility index (Phi) is 5.64. The van der Waals surface area contributed by atoms with E-state index in [1.807, 2.05) is 0 Å². The first-order valence-corrected chi connectivity index (χ1v) is 8.63. The van der Waals surface area contributed by atoms with E-state index >= 15 is 0 Å². The molecule has 1 aromatic rings. The van der Waals surface area contributed by atoms with E-state index in [-0.39, 0.29) is 0 Å². The van der Waals surface area contributed by atoms with Crippen LogP contribution in [0.1, 0.15) is 18.4 Å². The maximum absolute atomic E-state index is 5.63. The highest BCUT2D eigenvalue weighted by Gasteiger charge is 2.20. The lowest BCUT2D eigenvalue weighted by Gasteiger charge is -2.36. The number of nitrogens with zero attached hydrogens (tertiary/aromatic N) is 2. The van der Waals surface area contributed by atoms with Crippen molar-refractivity contribution in [2.24, 2.45) is 0 Å². The van der Waals surface area contributed by atoms with E-state index in [0.29, 0.717) is 6.10 Å². The quantitative estimate of drug-likeness (QED) is 0.855. The molecule has 120 valence electrons. The Morgan fingerprint density at radius 2 is 1.95 bits per heavy atom. The second-order valence-corrected chi connectivity index (χ2v) is 6.46. The lowest BCUT2D eigenvalue weighted by Crippen LogP contribution is -2.52. The summed E-state index contributed by atoms with van der Waals surface area (Å²) in [6.07, 6.45) is 2.68. The zero-order valence-electron chi connectivity index (χ0n) is 13.0. The van der Waals surface area contributed by atoms with E-state index in [9.17, 15) is 0 Å². The zero-order valence-corrected chi connectivity index (χ0v) is 13.9. The van der Waals surface area contributed by atoms with Crippen LogP contribution in [-0.2, 0) is 11.3 Å². The first kappa shape index (κ1) is 15.7. The van der Waals surface area contributed by atoms with Gasteiger partial charge in [0.15, 0.2) is 5.11 Å². The summed E-state index contributed by atoms with van der Waals surface area (Å²) in [5.41, 5.74) is 1.38. The van der Waals surface area contributed by atoms with Crippen molar-refractivity contribution in [3.63, 3.8) is 0 Å². The van der Waals surface area contributed by atoms with Gasteiger partial charge >= 0.3 is 0 Å². The van der Waals surface area contributed by atoms with Crippen molar-refractivity contribution in [1.29, 1.82) is 0 Å². The van der Waals surface area contributed by atoms with Crippen LogP contribution in [0.3, 0.4) is 0 Å². The van der Waals surface area contributed by atoms with E-state index in [2.05, 4.69) is 45.4 Å². The highest BCUT2D eigenvalue weighted by molar-refractivity contribution is 7.80. The van der Waals surface area contributed by atoms with Crippen molar-refractivity contribution in [1.82, 2.24) is 15.1 Å². The molecule has 0 amide bonds. The van der Waals surface area contributed by atoms with Gasteiger partial charge in [0.2, 0.25) is 0 Å². The number of rotatable bonds is 4. The predicted octanol–water partition coefficient (Wildman–Crippen LogP) is 1.86. The first-order valence-electron chi connectivity index (χ1n) is 8.22. The molecule has 0 bridgehead atoms. The molecule has 2 saturated heterocycles. The molecule has 2 aliphatic heterocycles. The van der Waals surface area contributed by atoms with Crippen LogP contribution in [0, 0.1) is 0 Å². The van der Waals surface area contributed by atoms with E-state index < -0.39 is 0 Å². The summed E-state index contributed by atoms with van der Waals surface area (Å²) in [4.78, 5) is 4.78. The van der Waals surface area contributed by atoms with Gasteiger partial charge in [0.05, 0.1) is 6.10 Å². The maximum atomic E-state index is 5.63. The highest BCUT2D eigenvalue weighted by Crippen LogP contribution is 2.11. The Hall–Kier alpha value is -1.17. The van der Waals surface area contributed by atoms with Gasteiger partial charge in [0, 0.05) is 45.9 Å². The highest BCUT2D eigenvalue weighted by atomic mass is 32.1. The molecule has 2 fully saturated rings. The Morgan fingerprint density at radius 3 is 2.64 bits per heavy atom. The van der Waals surface area contributed by atoms with Gasteiger partial charge in [-0.3, -0.25) is 4.90 Å². The smallest absolute Gasteiger partial charge is 0.169 e. The standard InChI is InChI=1S/C17H25N3OS/c22-17(18-13-16-7-4-12-21-16)20-10-8-19(9-11-20)14-15-5-2-1-3-6-15/h1-3,5-6,16H,4,7-14H2,(H,18,22)/t16-/m0/s1. The number of piperazine rings is 1. The van der Waals surface area contributed by atoms with Gasteiger partial charge in [-0.1, -0.05) is 30.3 Å². The minimum atomic E-state index is 0.345. The van der Waals surface area contributed by atoms with Crippen LogP contribution >= 0.6 is 12.2 Å². The van der Waals surface area contributed by atoms with Gasteiger partial charge in [0.25, 0.3) is 0 Å². The second kappa shape index (κ2) is 7.90. The average Bonchev–Trinajstić information content (AvgIpc) is 3.08. The van der Waals surface area contributed by atoms with Crippen molar-refractivity contribution in [3.8, 4) is 0 Å². The number of benzene rings is 1. The van der Waals surface area contributed by atoms with Crippen LogP contribution in [0.5, 0.6) is 0 Å². The third-order valence-electron chi connectivity index (χ3n) is 4.41. The molecule has 1 atom stereocenters. The van der Waals surface area contributed by atoms with E-state index in [0.717, 1.165) is 57.4 Å². The average molecular weight is 319 g/mol. The number of hydrogen-bond acceptors (Lipinski definition) is 3. The molecular formula is C17H25N3OS. The summed E-state index contributed by atoms with van der Waals surface area (Å²) >= 11 is 5.52. The fraction of sp³-hybridized carbons (Fsp3) is 0.588. The molecule has 1 N–H and O–H groups in total. The molecule has 0 radical (unpaired) electrons. The van der Waals surface area contributed by atoms with Crippen molar-refractivity contribution in [2.45, 2.75) is 25.5 Å². The second-order valence-electron chi connectivity index (χ2n) is 6.07. The molecule has 3 rings (SSSR count). The first-order chi connectivity index (χ1) is 10.8. The molecule has 4 nitrogen and oxygen atoms in total. The van der Waals surface area contributed by atoms with E-state index in [4.69, 9.17) is 17.0 Å². The summed E-state index contributed by atoms with van der Waals surface area (Å²) in [6, 6.07) is 10.7. The van der Waals surface area contributed by atoms with Gasteiger partial charge in [0.1, 0.15) is 0 Å². The van der Waals surface area contributed by atoms with Crippen LogP contribution in [0.2, 0.25) is 0 Å². The molecule has 0 aliphatic carbocycles. The molecule has 22 heavy (non-hydrogen) atoms. The molecule has 0 unspecified atom stereocenters. The van der Waals surface area contributed by atoms with Gasteiger partial charge in [-0.25, -0.2) is 0 Å². The minimum absolute atomic E-state index is 0.345. The summed E-state index contributed by atoms with van der Waals surface area (Å²) in [7, 11) is 0. The topological polar surface area (TPSA) is 27.7 Å². The molecule has 2 heterocycles. The van der Waals surface area contributed by atoms with Crippen LogP contribution in [-0.4, -0.2) is 60.3 Å². The van der Waals surface area contributed by atoms with E-state index in [1.165, 1.54) is 12.0 Å². The number of ether oxygens (including phenoxy) is 1. The van der Waals surface area contributed by atoms with Gasteiger partial charge in [-0.05, 0) is 30.6 Å². The van der Waals surface area contributed by atoms with Gasteiger partial charge in [-0.2, -0.15) is 0 Å². The summed E-state index contributed by atoms with van der Waals surface area (Å²) in [5, 5.41) is 4.26. The minimum Gasteiger partial charge on any atom is -0.376 e. The largest absolute Gasteiger partial charge is 0.376 e. The van der Waals surface area contributed by atoms with E-state index in [1.54, 1.807) is 0 Å². The monoisotopic (exact) mass is 319 g/mol. The summed E-state index contributed by atoms with van der Waals surface area (Å²) in [6.45, 7) is 6.92. The normalized spacial score (nSPS) is 22.7. The molecule has 0 saturated carbocycles. The lowest BCUT2D eigenvalue weighted by atomic mass is 10.2. The van der Waals surface area contributed by atoms with Crippen LogP contribution < -0.4 is 5.32 Å². The predicted molar refractivity (Wildman–Crippen MR) is 92.9 cm³/mol. The fourth-order valence-corrected chi connectivity index (χ4v) is 3.33. The Labute approximate surface area is 138 Å². The van der Waals surface area contributed by atoms with Crippen LogP contribution in [0.4, 0.5) is 0 Å². The van der Waals surface area contributed by atoms with Crippen molar-refractivity contribution < 1.29 is 4.74 Å². The van der Waals surface area contributed by atoms with Crippen molar-refractivity contribution in [3.05, 3.63) is 35.9 Å². The summed E-state index contributed by atoms with van der Waals surface area (Å²) < 4.78 is 5.63. The molecule has 2 aliphatic rings. The van der Waals surface area contributed by atoms with Crippen LogP contribution in [0.15, 0.2) is 30.3 Å². The van der Waals surface area contributed by atoms with Crippen LogP contribution in [0.25, 0.3) is 0 Å². The van der Waals surface area contributed by atoms with Crippen molar-refractivity contribution in [2.75, 3.05) is 39.3 Å². The third kappa shape index (κ3) is 4.41. The molecule has 0 spiro atoms. The number of thiocarbonyl (C=S) groups is 1. The number of nitrogens with one attached hydrogen (secondary N) is 1. The zero-order chi connectivity index (χ0) is 15.2. The summed E-state index contributed by atoms with van der Waals surface area (Å²) in [5.74, 6) is 0. The Bertz CT molecular complexity index is 468. The Balaban J connectivity index is 1.38.